The summed E-state index contributed by atoms with van der Waals surface area (Å²) in [4.78, 5) is 4.32. The van der Waals surface area contributed by atoms with Crippen LogP contribution in [0.1, 0.15) is 20.3 Å². The van der Waals surface area contributed by atoms with Crippen LogP contribution in [-0.4, -0.2) is 24.2 Å². The molecular weight excluding hydrogens is 232 g/mol. The predicted octanol–water partition coefficient (Wildman–Crippen LogP) is 3.52. The summed E-state index contributed by atoms with van der Waals surface area (Å²) in [6.45, 7) is 5.87. The first kappa shape index (κ1) is 12.3. The van der Waals surface area contributed by atoms with E-state index in [0.717, 1.165) is 25.1 Å². The number of ether oxygens (including phenoxy) is 1. The van der Waals surface area contributed by atoms with Crippen LogP contribution in [0.2, 0.25) is 0 Å². The Morgan fingerprint density at radius 1 is 1.41 bits per heavy atom. The van der Waals surface area contributed by atoms with E-state index < -0.39 is 0 Å². The normalized spacial score (nSPS) is 11.2. The van der Waals surface area contributed by atoms with Gasteiger partial charge in [-0.05, 0) is 37.8 Å². The molecule has 17 heavy (non-hydrogen) atoms. The van der Waals surface area contributed by atoms with Gasteiger partial charge < -0.3 is 10.1 Å². The summed E-state index contributed by atoms with van der Waals surface area (Å²) in [6, 6.07) is 4.08. The Morgan fingerprint density at radius 2 is 2.29 bits per heavy atom. The second-order valence-corrected chi connectivity index (χ2v) is 5.11. The minimum Gasteiger partial charge on any atom is -0.384 e. The van der Waals surface area contributed by atoms with Gasteiger partial charge in [-0.25, -0.2) is 0 Å². The number of pyridine rings is 1. The van der Waals surface area contributed by atoms with E-state index >= 15 is 0 Å². The van der Waals surface area contributed by atoms with Gasteiger partial charge >= 0.3 is 0 Å². The highest BCUT2D eigenvalue weighted by Crippen LogP contribution is 2.26. The lowest BCUT2D eigenvalue weighted by Crippen LogP contribution is -2.09. The molecule has 4 heteroatoms. The standard InChI is InChI=1S/C13H18N2OS/c1-10(2)16-8-3-6-14-11-4-7-15-12-5-9-17-13(11)12/h4-5,7,9-10H,3,6,8H2,1-2H3,(H,14,15). The molecule has 0 radical (unpaired) electrons. The third kappa shape index (κ3) is 3.41. The molecule has 2 heterocycles. The van der Waals surface area contributed by atoms with Gasteiger partial charge in [-0.1, -0.05) is 0 Å². The Hall–Kier alpha value is -1.13. The van der Waals surface area contributed by atoms with E-state index in [1.807, 2.05) is 18.3 Å². The maximum absolute atomic E-state index is 5.50. The molecule has 0 aliphatic rings. The van der Waals surface area contributed by atoms with Gasteiger partial charge in [0.1, 0.15) is 0 Å². The molecule has 0 atom stereocenters. The fraction of sp³-hybridized carbons (Fsp3) is 0.462. The van der Waals surface area contributed by atoms with E-state index in [4.69, 9.17) is 4.74 Å². The summed E-state index contributed by atoms with van der Waals surface area (Å²) in [5.41, 5.74) is 2.24. The van der Waals surface area contributed by atoms with Crippen LogP contribution in [0.15, 0.2) is 23.7 Å². The van der Waals surface area contributed by atoms with E-state index in [9.17, 15) is 0 Å². The smallest absolute Gasteiger partial charge is 0.0830 e. The highest BCUT2D eigenvalue weighted by atomic mass is 32.1. The number of anilines is 1. The summed E-state index contributed by atoms with van der Waals surface area (Å²) >= 11 is 1.73. The Balaban J connectivity index is 1.84. The molecule has 0 fully saturated rings. The first-order chi connectivity index (χ1) is 8.27. The lowest BCUT2D eigenvalue weighted by Gasteiger charge is -2.09. The molecule has 92 valence electrons. The number of thiophene rings is 1. The first-order valence-electron chi connectivity index (χ1n) is 5.95. The maximum atomic E-state index is 5.50. The van der Waals surface area contributed by atoms with Crippen molar-refractivity contribution in [2.24, 2.45) is 0 Å². The van der Waals surface area contributed by atoms with Crippen molar-refractivity contribution in [3.63, 3.8) is 0 Å². The molecular formula is C13H18N2OS. The SMILES string of the molecule is CC(C)OCCCNc1ccnc2ccsc12. The maximum Gasteiger partial charge on any atom is 0.0830 e. The third-order valence-electron chi connectivity index (χ3n) is 2.43. The van der Waals surface area contributed by atoms with Crippen LogP contribution in [0.5, 0.6) is 0 Å². The van der Waals surface area contributed by atoms with Crippen molar-refractivity contribution in [3.8, 4) is 0 Å². The zero-order valence-corrected chi connectivity index (χ0v) is 11.1. The number of fused-ring (bicyclic) bond motifs is 1. The molecule has 0 aliphatic carbocycles. The van der Waals surface area contributed by atoms with E-state index in [2.05, 4.69) is 29.5 Å². The Bertz CT molecular complexity index is 467. The summed E-state index contributed by atoms with van der Waals surface area (Å²) < 4.78 is 6.74. The molecule has 2 aromatic rings. The quantitative estimate of drug-likeness (QED) is 0.796. The molecule has 0 saturated carbocycles. The number of aromatic nitrogens is 1. The van der Waals surface area contributed by atoms with Gasteiger partial charge in [-0.15, -0.1) is 11.3 Å². The van der Waals surface area contributed by atoms with Crippen LogP contribution >= 0.6 is 11.3 Å². The van der Waals surface area contributed by atoms with E-state index in [1.54, 1.807) is 11.3 Å². The minimum atomic E-state index is 0.319. The molecule has 1 N–H and O–H groups in total. The second-order valence-electron chi connectivity index (χ2n) is 4.19. The van der Waals surface area contributed by atoms with E-state index in [0.29, 0.717) is 6.10 Å². The van der Waals surface area contributed by atoms with Gasteiger partial charge in [0, 0.05) is 19.3 Å². The van der Waals surface area contributed by atoms with Crippen molar-refractivity contribution in [1.29, 1.82) is 0 Å². The van der Waals surface area contributed by atoms with Gasteiger partial charge in [0.2, 0.25) is 0 Å². The van der Waals surface area contributed by atoms with Gasteiger partial charge in [0.15, 0.2) is 0 Å². The molecule has 0 aromatic carbocycles. The fourth-order valence-electron chi connectivity index (χ4n) is 1.63. The zero-order chi connectivity index (χ0) is 12.1. The van der Waals surface area contributed by atoms with Crippen LogP contribution < -0.4 is 5.32 Å². The van der Waals surface area contributed by atoms with Crippen molar-refractivity contribution in [2.75, 3.05) is 18.5 Å². The van der Waals surface area contributed by atoms with E-state index in [1.165, 1.54) is 10.4 Å². The Labute approximate surface area is 106 Å². The lowest BCUT2D eigenvalue weighted by molar-refractivity contribution is 0.0787. The summed E-state index contributed by atoms with van der Waals surface area (Å²) in [6.07, 6.45) is 3.19. The Kier molecular flexibility index (Phi) is 4.34. The topological polar surface area (TPSA) is 34.1 Å². The average molecular weight is 250 g/mol. The van der Waals surface area contributed by atoms with Crippen LogP contribution in [0, 0.1) is 0 Å². The lowest BCUT2D eigenvalue weighted by atomic mass is 10.3. The van der Waals surface area contributed by atoms with E-state index in [-0.39, 0.29) is 0 Å². The van der Waals surface area contributed by atoms with Gasteiger partial charge in [0.25, 0.3) is 0 Å². The number of hydrogen-bond acceptors (Lipinski definition) is 4. The average Bonchev–Trinajstić information content (AvgIpc) is 2.77. The largest absolute Gasteiger partial charge is 0.384 e. The van der Waals surface area contributed by atoms with Crippen LogP contribution in [-0.2, 0) is 4.74 Å². The monoisotopic (exact) mass is 250 g/mol. The fourth-order valence-corrected chi connectivity index (χ4v) is 2.47. The van der Waals surface area contributed by atoms with Crippen molar-refractivity contribution < 1.29 is 4.74 Å². The Morgan fingerprint density at radius 3 is 3.12 bits per heavy atom. The highest BCUT2D eigenvalue weighted by Gasteiger charge is 2.02. The molecule has 0 aliphatic heterocycles. The number of hydrogen-bond donors (Lipinski definition) is 1. The van der Waals surface area contributed by atoms with Gasteiger partial charge in [0.05, 0.1) is 22.0 Å². The van der Waals surface area contributed by atoms with Crippen molar-refractivity contribution >= 4 is 27.2 Å². The molecule has 3 nitrogen and oxygen atoms in total. The molecule has 2 rings (SSSR count). The second kappa shape index (κ2) is 5.98. The van der Waals surface area contributed by atoms with Gasteiger partial charge in [-0.2, -0.15) is 0 Å². The van der Waals surface area contributed by atoms with Gasteiger partial charge in [-0.3, -0.25) is 4.98 Å². The number of nitrogens with one attached hydrogen (secondary N) is 1. The predicted molar refractivity (Wildman–Crippen MR) is 73.8 cm³/mol. The van der Waals surface area contributed by atoms with Crippen molar-refractivity contribution in [2.45, 2.75) is 26.4 Å². The minimum absolute atomic E-state index is 0.319. The molecule has 0 saturated heterocycles. The molecule has 0 spiro atoms. The molecule has 2 aromatic heterocycles. The third-order valence-corrected chi connectivity index (χ3v) is 3.37. The summed E-state index contributed by atoms with van der Waals surface area (Å²) in [5.74, 6) is 0. The molecule has 0 amide bonds. The first-order valence-corrected chi connectivity index (χ1v) is 6.83. The number of rotatable bonds is 6. The summed E-state index contributed by atoms with van der Waals surface area (Å²) in [5, 5.41) is 5.51. The van der Waals surface area contributed by atoms with Crippen LogP contribution in [0.25, 0.3) is 10.2 Å². The molecule has 0 unspecified atom stereocenters. The zero-order valence-electron chi connectivity index (χ0n) is 10.3. The summed E-state index contributed by atoms with van der Waals surface area (Å²) in [7, 11) is 0. The van der Waals surface area contributed by atoms with Crippen LogP contribution in [0.4, 0.5) is 5.69 Å². The van der Waals surface area contributed by atoms with Crippen LogP contribution in [0.3, 0.4) is 0 Å². The van der Waals surface area contributed by atoms with Crippen molar-refractivity contribution in [3.05, 3.63) is 23.7 Å². The van der Waals surface area contributed by atoms with Crippen molar-refractivity contribution in [1.82, 2.24) is 4.98 Å². The molecule has 0 bridgehead atoms. The number of nitrogens with zero attached hydrogens (tertiary/aromatic N) is 1. The highest BCUT2D eigenvalue weighted by molar-refractivity contribution is 7.17.